The van der Waals surface area contributed by atoms with Crippen LogP contribution in [-0.4, -0.2) is 0 Å². The molecule has 0 aliphatic carbocycles. The van der Waals surface area contributed by atoms with Crippen LogP contribution in [-0.2, 0) is 269 Å². The summed E-state index contributed by atoms with van der Waals surface area (Å²) in [6, 6.07) is 0. The summed E-state index contributed by atoms with van der Waals surface area (Å²) in [4.78, 5) is 0. The molecule has 0 aromatic heterocycles. The van der Waals surface area contributed by atoms with E-state index in [4.69, 9.17) is 0 Å². The maximum atomic E-state index is 0. The first kappa shape index (κ1) is 105. The van der Waals surface area contributed by atoms with Crippen LogP contribution in [0.25, 0.3) is 0 Å². The molecule has 0 bridgehead atoms. The van der Waals surface area contributed by atoms with E-state index in [0.29, 0.717) is 0 Å². The van der Waals surface area contributed by atoms with Gasteiger partial charge in [-0.05, 0) is 0 Å². The summed E-state index contributed by atoms with van der Waals surface area (Å²) in [6.45, 7) is 0. The van der Waals surface area contributed by atoms with Gasteiger partial charge in [0.05, 0.1) is 0 Å². The minimum absolute atomic E-state index is 0. The largest absolute Gasteiger partial charge is 0 e. The van der Waals surface area contributed by atoms with Crippen LogP contribution in [0.1, 0.15) is 0 Å². The van der Waals surface area contributed by atoms with Crippen LogP contribution in [0.4, 0.5) is 0 Å². The van der Waals surface area contributed by atoms with Crippen molar-refractivity contribution >= 4 is 0 Å². The summed E-state index contributed by atoms with van der Waals surface area (Å²) >= 11 is 0. The third-order valence-electron chi connectivity index (χ3n) is 0. The van der Waals surface area contributed by atoms with E-state index >= 15 is 0 Å². The third kappa shape index (κ3) is 76.5. The third-order valence-corrected chi connectivity index (χ3v) is 0. The van der Waals surface area contributed by atoms with Crippen LogP contribution in [0.2, 0.25) is 0 Å². The molecule has 0 saturated carbocycles. The SMILES string of the molecule is [Au].[Au].[Au].[Au].[Au].[Au].[Au].[Au].[Au].[Au].[Au].[Au]. The van der Waals surface area contributed by atoms with Crippen LogP contribution in [0.5, 0.6) is 0 Å². The fourth-order valence-corrected chi connectivity index (χ4v) is 0. The molecule has 12 heteroatoms. The average molecular weight is 2360 g/mol. The van der Waals surface area contributed by atoms with Gasteiger partial charge in [0.25, 0.3) is 0 Å². The molecule has 12 radical (unpaired) electrons. The number of hydrogen-bond acceptors (Lipinski definition) is 0. The second-order valence-corrected chi connectivity index (χ2v) is 0. The monoisotopic (exact) mass is 2360 g/mol. The summed E-state index contributed by atoms with van der Waals surface area (Å²) in [6.07, 6.45) is 0. The molecule has 0 saturated heterocycles. The average Bonchev–Trinajstić information content (AvgIpc) is 0. The molecule has 0 aliphatic rings. The summed E-state index contributed by atoms with van der Waals surface area (Å²) in [5.41, 5.74) is 0. The van der Waals surface area contributed by atoms with E-state index in [2.05, 4.69) is 0 Å². The molecule has 0 aliphatic heterocycles. The predicted octanol–water partition coefficient (Wildman–Crippen LogP) is -0.0300. The minimum atomic E-state index is 0. The van der Waals surface area contributed by atoms with Gasteiger partial charge in [-0.3, -0.25) is 0 Å². The Balaban J connectivity index is 0. The molecule has 0 aromatic rings. The first-order valence-corrected chi connectivity index (χ1v) is 0. The Morgan fingerprint density at radius 2 is 0.0833 bits per heavy atom. The molecular formula is Au12. The van der Waals surface area contributed by atoms with Crippen LogP contribution in [0.3, 0.4) is 0 Å². The van der Waals surface area contributed by atoms with Crippen molar-refractivity contribution in [3.63, 3.8) is 0 Å². The zero-order valence-electron chi connectivity index (χ0n) is 3.62. The standard InChI is InChI=1S/12Au. The molecule has 0 rings (SSSR count). The Hall–Kier alpha value is 8.88. The van der Waals surface area contributed by atoms with Gasteiger partial charge in [0.1, 0.15) is 0 Å². The second-order valence-electron chi connectivity index (χ2n) is 0. The Labute approximate surface area is 261 Å². The number of hydrogen-bond donors (Lipinski definition) is 0. The molecule has 0 atom stereocenters. The van der Waals surface area contributed by atoms with Crippen molar-refractivity contribution < 1.29 is 269 Å². The minimum Gasteiger partial charge on any atom is 0 e. The van der Waals surface area contributed by atoms with Gasteiger partial charge in [-0.1, -0.05) is 0 Å². The van der Waals surface area contributed by atoms with E-state index < -0.39 is 0 Å². The van der Waals surface area contributed by atoms with E-state index in [0.717, 1.165) is 0 Å². The van der Waals surface area contributed by atoms with Crippen LogP contribution in [0.15, 0.2) is 0 Å². The van der Waals surface area contributed by atoms with Crippen molar-refractivity contribution in [3.8, 4) is 0 Å². The fourth-order valence-electron chi connectivity index (χ4n) is 0. The van der Waals surface area contributed by atoms with E-state index in [1.54, 1.807) is 0 Å². The summed E-state index contributed by atoms with van der Waals surface area (Å²) < 4.78 is 0. The van der Waals surface area contributed by atoms with E-state index in [9.17, 15) is 0 Å². The molecule has 0 N–H and O–H groups in total. The molecule has 0 fully saturated rings. The van der Waals surface area contributed by atoms with Gasteiger partial charge in [-0.25, -0.2) is 0 Å². The van der Waals surface area contributed by atoms with E-state index in [1.165, 1.54) is 0 Å². The molecule has 0 unspecified atom stereocenters. The molecule has 12 heavy (non-hydrogen) atoms. The van der Waals surface area contributed by atoms with E-state index in [1.807, 2.05) is 0 Å². The van der Waals surface area contributed by atoms with Gasteiger partial charge in [-0.2, -0.15) is 0 Å². The maximum absolute atomic E-state index is 0. The fraction of sp³-hybridized carbons (Fsp3) is 0. The van der Waals surface area contributed by atoms with Gasteiger partial charge in [0.15, 0.2) is 0 Å². The van der Waals surface area contributed by atoms with Gasteiger partial charge in [-0.15, -0.1) is 0 Å². The second kappa shape index (κ2) is 89.8. The Kier molecular flexibility index (Phi) is 783. The quantitative estimate of drug-likeness (QED) is 0.300. The molecule has 0 aromatic carbocycles. The van der Waals surface area contributed by atoms with Crippen LogP contribution >= 0.6 is 0 Å². The topological polar surface area (TPSA) is 0 Å². The van der Waals surface area contributed by atoms with Gasteiger partial charge in [0, 0.05) is 269 Å². The normalized spacial score (nSPS) is 0. The summed E-state index contributed by atoms with van der Waals surface area (Å²) in [5, 5.41) is 0. The van der Waals surface area contributed by atoms with E-state index in [-0.39, 0.29) is 269 Å². The van der Waals surface area contributed by atoms with Crippen molar-refractivity contribution in [3.05, 3.63) is 0 Å². The van der Waals surface area contributed by atoms with Crippen molar-refractivity contribution in [2.24, 2.45) is 0 Å². The zero-order valence-corrected chi connectivity index (χ0v) is 29.6. The van der Waals surface area contributed by atoms with Crippen LogP contribution < -0.4 is 0 Å². The molecule has 0 heterocycles. The summed E-state index contributed by atoms with van der Waals surface area (Å²) in [7, 11) is 0. The smallest absolute Gasteiger partial charge is 0 e. The summed E-state index contributed by atoms with van der Waals surface area (Å²) in [5.74, 6) is 0. The molecular weight excluding hydrogens is 2360 g/mol. The van der Waals surface area contributed by atoms with Crippen molar-refractivity contribution in [1.82, 2.24) is 0 Å². The molecule has 0 amide bonds. The van der Waals surface area contributed by atoms with Crippen molar-refractivity contribution in [2.45, 2.75) is 0 Å². The van der Waals surface area contributed by atoms with Crippen molar-refractivity contribution in [2.75, 3.05) is 0 Å². The van der Waals surface area contributed by atoms with Gasteiger partial charge in [0.2, 0.25) is 0 Å². The first-order chi connectivity index (χ1) is 0. The zero-order chi connectivity index (χ0) is 0. The Bertz CT molecular complexity index is 0. The molecule has 0 spiro atoms. The van der Waals surface area contributed by atoms with Gasteiger partial charge < -0.3 is 0 Å². The first-order valence-electron chi connectivity index (χ1n) is 0. The maximum Gasteiger partial charge on any atom is 0 e. The van der Waals surface area contributed by atoms with Crippen LogP contribution in [0, 0.1) is 0 Å². The Morgan fingerprint density at radius 3 is 0.0833 bits per heavy atom. The number of rotatable bonds is 0. The Morgan fingerprint density at radius 1 is 0.0833 bits per heavy atom. The molecule has 0 nitrogen and oxygen atoms in total. The van der Waals surface area contributed by atoms with Crippen molar-refractivity contribution in [1.29, 1.82) is 0 Å². The predicted molar refractivity (Wildman–Crippen MR) is 0 cm³/mol. The van der Waals surface area contributed by atoms with Gasteiger partial charge >= 0.3 is 0 Å². The molecule has 132 valence electrons.